The molecule has 1 saturated heterocycles. The molecule has 0 spiro atoms. The lowest BCUT2D eigenvalue weighted by Gasteiger charge is -2.23. The van der Waals surface area contributed by atoms with Crippen molar-refractivity contribution in [1.82, 2.24) is 0 Å². The molecule has 1 fully saturated rings. The Balaban J connectivity index is 1.59. The van der Waals surface area contributed by atoms with Crippen molar-refractivity contribution in [2.75, 3.05) is 13.2 Å². The first-order chi connectivity index (χ1) is 11.2. The van der Waals surface area contributed by atoms with Crippen LogP contribution >= 0.6 is 11.6 Å². The quantitative estimate of drug-likeness (QED) is 0.766. The molecule has 1 aliphatic rings. The van der Waals surface area contributed by atoms with Crippen molar-refractivity contribution in [3.8, 4) is 5.75 Å². The van der Waals surface area contributed by atoms with E-state index in [1.54, 1.807) is 12.1 Å². The van der Waals surface area contributed by atoms with Crippen LogP contribution in [0.25, 0.3) is 0 Å². The molecule has 23 heavy (non-hydrogen) atoms. The minimum absolute atomic E-state index is 0.0832. The summed E-state index contributed by atoms with van der Waals surface area (Å²) in [5.41, 5.74) is 1.64. The van der Waals surface area contributed by atoms with Crippen LogP contribution in [0.1, 0.15) is 28.8 Å². The minimum Gasteiger partial charge on any atom is -0.488 e. The van der Waals surface area contributed by atoms with Gasteiger partial charge >= 0.3 is 0 Å². The van der Waals surface area contributed by atoms with E-state index in [4.69, 9.17) is 21.1 Å². The zero-order chi connectivity index (χ0) is 16.1. The molecule has 2 aromatic carbocycles. The lowest BCUT2D eigenvalue weighted by atomic mass is 10.0. The van der Waals surface area contributed by atoms with Crippen molar-refractivity contribution in [2.45, 2.75) is 25.4 Å². The van der Waals surface area contributed by atoms with Crippen molar-refractivity contribution >= 4 is 17.4 Å². The fourth-order valence-electron chi connectivity index (χ4n) is 2.61. The second kappa shape index (κ2) is 7.62. The van der Waals surface area contributed by atoms with Gasteiger partial charge in [-0.1, -0.05) is 23.7 Å². The molecule has 0 amide bonds. The summed E-state index contributed by atoms with van der Waals surface area (Å²) in [6.07, 6.45) is 2.52. The number of hydrogen-bond acceptors (Lipinski definition) is 3. The number of carbonyl (C=O) groups is 1. The molecule has 1 atom stereocenters. The zero-order valence-corrected chi connectivity index (χ0v) is 13.6. The molecule has 0 aliphatic carbocycles. The van der Waals surface area contributed by atoms with E-state index in [9.17, 15) is 4.79 Å². The van der Waals surface area contributed by atoms with Crippen LogP contribution in [0.2, 0.25) is 5.02 Å². The summed E-state index contributed by atoms with van der Waals surface area (Å²) < 4.78 is 11.3. The van der Waals surface area contributed by atoms with Gasteiger partial charge in [0.05, 0.1) is 6.61 Å². The Morgan fingerprint density at radius 1 is 1.13 bits per heavy atom. The molecular formula is C19H19ClO3. The Morgan fingerprint density at radius 3 is 2.52 bits per heavy atom. The predicted molar refractivity (Wildman–Crippen MR) is 90.4 cm³/mol. The number of ether oxygens (including phenoxy) is 2. The molecule has 0 radical (unpaired) electrons. The van der Waals surface area contributed by atoms with Gasteiger partial charge in [-0.15, -0.1) is 0 Å². The van der Waals surface area contributed by atoms with E-state index in [2.05, 4.69) is 0 Å². The summed E-state index contributed by atoms with van der Waals surface area (Å²) in [5, 5.41) is 0.675. The average molecular weight is 331 g/mol. The van der Waals surface area contributed by atoms with Crippen LogP contribution in [0.15, 0.2) is 48.5 Å². The highest BCUT2D eigenvalue weighted by molar-refractivity contribution is 6.30. The third-order valence-corrected chi connectivity index (χ3v) is 4.13. The minimum atomic E-state index is 0.0832. The normalized spacial score (nSPS) is 17.7. The number of rotatable bonds is 5. The maximum atomic E-state index is 12.3. The molecule has 4 heteroatoms. The molecule has 0 saturated carbocycles. The van der Waals surface area contributed by atoms with Crippen LogP contribution in [0, 0.1) is 0 Å². The van der Waals surface area contributed by atoms with E-state index in [0.717, 1.165) is 30.8 Å². The SMILES string of the molecule is O=C(Cc1ccc(Cl)cc1)c1ccc(OC2CCCOC2)cc1. The molecule has 0 aromatic heterocycles. The highest BCUT2D eigenvalue weighted by Gasteiger charge is 2.15. The molecule has 3 nitrogen and oxygen atoms in total. The Bertz CT molecular complexity index is 643. The van der Waals surface area contributed by atoms with E-state index in [0.29, 0.717) is 23.6 Å². The summed E-state index contributed by atoms with van der Waals surface area (Å²) in [7, 11) is 0. The van der Waals surface area contributed by atoms with E-state index in [1.165, 1.54) is 0 Å². The van der Waals surface area contributed by atoms with Gasteiger partial charge in [0.1, 0.15) is 11.9 Å². The van der Waals surface area contributed by atoms with Gasteiger partial charge in [-0.2, -0.15) is 0 Å². The van der Waals surface area contributed by atoms with E-state index >= 15 is 0 Å². The van der Waals surface area contributed by atoms with Crippen molar-refractivity contribution < 1.29 is 14.3 Å². The third kappa shape index (κ3) is 4.57. The number of hydrogen-bond donors (Lipinski definition) is 0. The van der Waals surface area contributed by atoms with Gasteiger partial charge in [0, 0.05) is 23.6 Å². The van der Waals surface area contributed by atoms with Gasteiger partial charge in [-0.25, -0.2) is 0 Å². The van der Waals surface area contributed by atoms with E-state index < -0.39 is 0 Å². The van der Waals surface area contributed by atoms with E-state index in [1.807, 2.05) is 36.4 Å². The third-order valence-electron chi connectivity index (χ3n) is 3.88. The van der Waals surface area contributed by atoms with Crippen LogP contribution < -0.4 is 4.74 Å². The molecule has 1 heterocycles. The molecule has 2 aromatic rings. The molecule has 0 N–H and O–H groups in total. The number of Topliss-reactive ketones (excluding diaryl/α,β-unsaturated/α-hetero) is 1. The summed E-state index contributed by atoms with van der Waals surface area (Å²) in [6, 6.07) is 14.7. The second-order valence-corrected chi connectivity index (χ2v) is 6.14. The highest BCUT2D eigenvalue weighted by atomic mass is 35.5. The second-order valence-electron chi connectivity index (χ2n) is 5.71. The Hall–Kier alpha value is -1.84. The standard InChI is InChI=1S/C19H19ClO3/c20-16-7-3-14(4-8-16)12-19(21)15-5-9-17(10-6-15)23-18-2-1-11-22-13-18/h3-10,18H,1-2,11-13H2. The Labute approximate surface area is 141 Å². The maximum Gasteiger partial charge on any atom is 0.167 e. The van der Waals surface area contributed by atoms with Crippen LogP contribution in [0.3, 0.4) is 0 Å². The van der Waals surface area contributed by atoms with Gasteiger partial charge in [-0.05, 0) is 54.8 Å². The number of ketones is 1. The van der Waals surface area contributed by atoms with Crippen molar-refractivity contribution in [1.29, 1.82) is 0 Å². The van der Waals surface area contributed by atoms with Crippen LogP contribution in [0.5, 0.6) is 5.75 Å². The van der Waals surface area contributed by atoms with Crippen molar-refractivity contribution in [2.24, 2.45) is 0 Å². The van der Waals surface area contributed by atoms with Gasteiger partial charge in [0.15, 0.2) is 5.78 Å². The highest BCUT2D eigenvalue weighted by Crippen LogP contribution is 2.19. The average Bonchev–Trinajstić information content (AvgIpc) is 2.58. The van der Waals surface area contributed by atoms with Crippen LogP contribution in [-0.4, -0.2) is 25.1 Å². The first-order valence-electron chi connectivity index (χ1n) is 7.83. The summed E-state index contributed by atoms with van der Waals surface area (Å²) in [4.78, 5) is 12.3. The van der Waals surface area contributed by atoms with Crippen molar-refractivity contribution in [3.05, 3.63) is 64.7 Å². The molecule has 1 unspecified atom stereocenters. The molecular weight excluding hydrogens is 312 g/mol. The van der Waals surface area contributed by atoms with E-state index in [-0.39, 0.29) is 11.9 Å². The largest absolute Gasteiger partial charge is 0.488 e. The summed E-state index contributed by atoms with van der Waals surface area (Å²) in [6.45, 7) is 1.45. The van der Waals surface area contributed by atoms with Crippen molar-refractivity contribution in [3.63, 3.8) is 0 Å². The lowest BCUT2D eigenvalue weighted by Crippen LogP contribution is -2.27. The zero-order valence-electron chi connectivity index (χ0n) is 12.8. The van der Waals surface area contributed by atoms with Gasteiger partial charge in [-0.3, -0.25) is 4.79 Å². The maximum absolute atomic E-state index is 12.3. The number of carbonyl (C=O) groups excluding carboxylic acids is 1. The Morgan fingerprint density at radius 2 is 1.87 bits per heavy atom. The molecule has 3 rings (SSSR count). The predicted octanol–water partition coefficient (Wildman–Crippen LogP) is 4.32. The first-order valence-corrected chi connectivity index (χ1v) is 8.20. The van der Waals surface area contributed by atoms with Gasteiger partial charge in [0.2, 0.25) is 0 Å². The fraction of sp³-hybridized carbons (Fsp3) is 0.316. The van der Waals surface area contributed by atoms with Crippen LogP contribution in [0.4, 0.5) is 0 Å². The number of benzene rings is 2. The fourth-order valence-corrected chi connectivity index (χ4v) is 2.73. The molecule has 0 bridgehead atoms. The molecule has 1 aliphatic heterocycles. The topological polar surface area (TPSA) is 35.5 Å². The van der Waals surface area contributed by atoms with Gasteiger partial charge < -0.3 is 9.47 Å². The molecule has 120 valence electrons. The monoisotopic (exact) mass is 330 g/mol. The summed E-state index contributed by atoms with van der Waals surface area (Å²) in [5.74, 6) is 0.864. The summed E-state index contributed by atoms with van der Waals surface area (Å²) >= 11 is 5.85. The number of halogens is 1. The smallest absolute Gasteiger partial charge is 0.167 e. The first kappa shape index (κ1) is 16.0. The lowest BCUT2D eigenvalue weighted by molar-refractivity contribution is 0.00743. The van der Waals surface area contributed by atoms with Gasteiger partial charge in [0.25, 0.3) is 0 Å². The van der Waals surface area contributed by atoms with Crippen LogP contribution in [-0.2, 0) is 11.2 Å². The Kier molecular flexibility index (Phi) is 5.31.